The van der Waals surface area contributed by atoms with Crippen LogP contribution in [0.15, 0.2) is 0 Å². The third-order valence-electron chi connectivity index (χ3n) is 2.20. The number of carbonyl (C=O) groups excluding carboxylic acids is 1. The lowest BCUT2D eigenvalue weighted by atomic mass is 10.1. The zero-order valence-corrected chi connectivity index (χ0v) is 9.03. The molecule has 0 spiro atoms. The Labute approximate surface area is 89.9 Å². The topological polar surface area (TPSA) is 75.0 Å². The van der Waals surface area contributed by atoms with E-state index in [0.717, 1.165) is 0 Å². The van der Waals surface area contributed by atoms with Gasteiger partial charge in [0.2, 0.25) is 11.0 Å². The van der Waals surface area contributed by atoms with Crippen LogP contribution >= 0.6 is 23.6 Å². The van der Waals surface area contributed by atoms with Crippen molar-refractivity contribution < 1.29 is 4.79 Å². The fourth-order valence-electron chi connectivity index (χ4n) is 1.46. The van der Waals surface area contributed by atoms with Gasteiger partial charge in [-0.1, -0.05) is 11.3 Å². The standard InChI is InChI=1S/C7H10N4OS2/c8-2-4-1-5(12)11(3-4)6-9-10-7(13)14-6/h4H,1-3,8H2,(H,10,13). The van der Waals surface area contributed by atoms with Crippen LogP contribution in [0.2, 0.25) is 0 Å². The fourth-order valence-corrected chi connectivity index (χ4v) is 2.37. The maximum atomic E-state index is 11.5. The first-order chi connectivity index (χ1) is 6.70. The normalized spacial score (nSPS) is 21.9. The lowest BCUT2D eigenvalue weighted by molar-refractivity contribution is -0.117. The average molecular weight is 230 g/mol. The van der Waals surface area contributed by atoms with Gasteiger partial charge in [-0.2, -0.15) is 0 Å². The van der Waals surface area contributed by atoms with Crippen LogP contribution in [0.25, 0.3) is 0 Å². The largest absolute Gasteiger partial charge is 0.330 e. The minimum atomic E-state index is 0.0817. The van der Waals surface area contributed by atoms with Crippen molar-refractivity contribution in [3.8, 4) is 0 Å². The second-order valence-electron chi connectivity index (χ2n) is 3.21. The molecule has 1 unspecified atom stereocenters. The molecule has 0 radical (unpaired) electrons. The molecule has 0 saturated carbocycles. The van der Waals surface area contributed by atoms with Gasteiger partial charge in [0.15, 0.2) is 3.95 Å². The van der Waals surface area contributed by atoms with E-state index in [-0.39, 0.29) is 11.8 Å². The Morgan fingerprint density at radius 1 is 1.79 bits per heavy atom. The molecule has 0 bridgehead atoms. The highest BCUT2D eigenvalue weighted by atomic mass is 32.1. The van der Waals surface area contributed by atoms with Crippen LogP contribution in [0.5, 0.6) is 0 Å². The van der Waals surface area contributed by atoms with E-state index in [1.807, 2.05) is 0 Å². The zero-order chi connectivity index (χ0) is 10.1. The third kappa shape index (κ3) is 1.70. The number of H-pyrrole nitrogens is 1. The molecule has 0 aliphatic carbocycles. The molecule has 1 aliphatic rings. The number of nitrogens with one attached hydrogen (secondary N) is 1. The highest BCUT2D eigenvalue weighted by Gasteiger charge is 2.31. The summed E-state index contributed by atoms with van der Waals surface area (Å²) in [5.74, 6) is 0.332. The number of hydrogen-bond donors (Lipinski definition) is 2. The van der Waals surface area contributed by atoms with E-state index in [1.165, 1.54) is 11.3 Å². The van der Waals surface area contributed by atoms with Crippen LogP contribution in [0, 0.1) is 9.87 Å². The first-order valence-electron chi connectivity index (χ1n) is 4.26. The number of nitrogens with zero attached hydrogens (tertiary/aromatic N) is 2. The smallest absolute Gasteiger partial charge is 0.229 e. The molecule has 2 rings (SSSR count). The Hall–Kier alpha value is -0.790. The van der Waals surface area contributed by atoms with Crippen molar-refractivity contribution in [2.45, 2.75) is 6.42 Å². The molecular formula is C7H10N4OS2. The van der Waals surface area contributed by atoms with Gasteiger partial charge in [-0.15, -0.1) is 5.10 Å². The number of aromatic amines is 1. The van der Waals surface area contributed by atoms with Crippen molar-refractivity contribution in [3.05, 3.63) is 3.95 Å². The SMILES string of the molecule is NCC1CC(=O)N(c2n[nH]c(=S)s2)C1. The number of hydrogen-bond acceptors (Lipinski definition) is 5. The first-order valence-corrected chi connectivity index (χ1v) is 5.49. The number of anilines is 1. The number of rotatable bonds is 2. The lowest BCUT2D eigenvalue weighted by Crippen LogP contribution is -2.25. The maximum Gasteiger partial charge on any atom is 0.229 e. The van der Waals surface area contributed by atoms with E-state index >= 15 is 0 Å². The summed E-state index contributed by atoms with van der Waals surface area (Å²) < 4.78 is 0.587. The molecule has 1 aromatic rings. The molecule has 5 nitrogen and oxygen atoms in total. The molecule has 14 heavy (non-hydrogen) atoms. The second kappa shape index (κ2) is 3.76. The van der Waals surface area contributed by atoms with E-state index in [4.69, 9.17) is 18.0 Å². The number of carbonyl (C=O) groups is 1. The molecule has 1 aromatic heterocycles. The van der Waals surface area contributed by atoms with Crippen LogP contribution in [0.4, 0.5) is 5.13 Å². The zero-order valence-electron chi connectivity index (χ0n) is 7.40. The summed E-state index contributed by atoms with van der Waals surface area (Å²) in [7, 11) is 0. The summed E-state index contributed by atoms with van der Waals surface area (Å²) >= 11 is 6.22. The van der Waals surface area contributed by atoms with Gasteiger partial charge >= 0.3 is 0 Å². The molecular weight excluding hydrogens is 220 g/mol. The van der Waals surface area contributed by atoms with Crippen molar-refractivity contribution in [1.82, 2.24) is 10.2 Å². The maximum absolute atomic E-state index is 11.5. The Bertz CT molecular complexity index is 398. The molecule has 1 amide bonds. The molecule has 1 saturated heterocycles. The van der Waals surface area contributed by atoms with Gasteiger partial charge in [-0.3, -0.25) is 14.8 Å². The van der Waals surface area contributed by atoms with Gasteiger partial charge in [0.25, 0.3) is 0 Å². The second-order valence-corrected chi connectivity index (χ2v) is 4.85. The number of nitrogens with two attached hydrogens (primary N) is 1. The van der Waals surface area contributed by atoms with Crippen molar-refractivity contribution in [2.24, 2.45) is 11.7 Å². The molecule has 7 heteroatoms. The molecule has 76 valence electrons. The summed E-state index contributed by atoms with van der Waals surface area (Å²) in [5, 5.41) is 7.28. The first kappa shape index (κ1) is 9.75. The summed E-state index contributed by atoms with van der Waals surface area (Å²) in [6.07, 6.45) is 0.517. The molecule has 3 N–H and O–H groups in total. The van der Waals surface area contributed by atoms with Gasteiger partial charge in [-0.05, 0) is 24.7 Å². The molecule has 2 heterocycles. The van der Waals surface area contributed by atoms with Crippen LogP contribution < -0.4 is 10.6 Å². The van der Waals surface area contributed by atoms with Crippen LogP contribution in [0.1, 0.15) is 6.42 Å². The van der Waals surface area contributed by atoms with Crippen LogP contribution in [-0.4, -0.2) is 29.2 Å². The quantitative estimate of drug-likeness (QED) is 0.726. The predicted octanol–water partition coefficient (Wildman–Crippen LogP) is 0.512. The van der Waals surface area contributed by atoms with Crippen molar-refractivity contribution in [3.63, 3.8) is 0 Å². The Kier molecular flexibility index (Phi) is 2.62. The van der Waals surface area contributed by atoms with Crippen LogP contribution in [-0.2, 0) is 4.79 Å². The van der Waals surface area contributed by atoms with E-state index in [1.54, 1.807) is 4.90 Å². The van der Waals surface area contributed by atoms with E-state index in [2.05, 4.69) is 10.2 Å². The van der Waals surface area contributed by atoms with Gasteiger partial charge in [0.1, 0.15) is 0 Å². The Morgan fingerprint density at radius 3 is 3.07 bits per heavy atom. The fraction of sp³-hybridized carbons (Fsp3) is 0.571. The molecule has 0 aromatic carbocycles. The van der Waals surface area contributed by atoms with E-state index < -0.39 is 0 Å². The van der Waals surface area contributed by atoms with Crippen LogP contribution in [0.3, 0.4) is 0 Å². The minimum Gasteiger partial charge on any atom is -0.330 e. The number of amides is 1. The molecule has 1 fully saturated rings. The van der Waals surface area contributed by atoms with E-state index in [9.17, 15) is 4.79 Å². The summed E-state index contributed by atoms with van der Waals surface area (Å²) in [6, 6.07) is 0. The van der Waals surface area contributed by atoms with Crippen molar-refractivity contribution >= 4 is 34.6 Å². The summed E-state index contributed by atoms with van der Waals surface area (Å²) in [4.78, 5) is 13.2. The minimum absolute atomic E-state index is 0.0817. The van der Waals surface area contributed by atoms with Gasteiger partial charge in [0, 0.05) is 13.0 Å². The van der Waals surface area contributed by atoms with Gasteiger partial charge in [-0.25, -0.2) is 0 Å². The predicted molar refractivity (Wildman–Crippen MR) is 56.8 cm³/mol. The highest BCUT2D eigenvalue weighted by molar-refractivity contribution is 7.73. The molecule has 1 aliphatic heterocycles. The van der Waals surface area contributed by atoms with Gasteiger partial charge in [0.05, 0.1) is 0 Å². The van der Waals surface area contributed by atoms with E-state index in [0.29, 0.717) is 28.6 Å². The van der Waals surface area contributed by atoms with Gasteiger partial charge < -0.3 is 5.73 Å². The number of aromatic nitrogens is 2. The molecule has 1 atom stereocenters. The Morgan fingerprint density at radius 2 is 2.57 bits per heavy atom. The van der Waals surface area contributed by atoms with Crippen molar-refractivity contribution in [2.75, 3.05) is 18.0 Å². The van der Waals surface area contributed by atoms with Crippen molar-refractivity contribution in [1.29, 1.82) is 0 Å². The third-order valence-corrected chi connectivity index (χ3v) is 3.31. The highest BCUT2D eigenvalue weighted by Crippen LogP contribution is 2.25. The lowest BCUT2D eigenvalue weighted by Gasteiger charge is -2.10. The Balaban J connectivity index is 2.20. The average Bonchev–Trinajstić information content (AvgIpc) is 2.71. The summed E-state index contributed by atoms with van der Waals surface area (Å²) in [6.45, 7) is 1.20. The monoisotopic (exact) mass is 230 g/mol. The summed E-state index contributed by atoms with van der Waals surface area (Å²) in [5.41, 5.74) is 5.52.